The van der Waals surface area contributed by atoms with Crippen molar-refractivity contribution in [2.24, 2.45) is 5.92 Å². The minimum atomic E-state index is -0.777. The highest BCUT2D eigenvalue weighted by atomic mass is 35.5. The van der Waals surface area contributed by atoms with Gasteiger partial charge in [-0.1, -0.05) is 104 Å². The monoisotopic (exact) mass is 793 g/mol. The molecule has 0 aliphatic heterocycles. The van der Waals surface area contributed by atoms with Gasteiger partial charge in [0.25, 0.3) is 11.5 Å². The Morgan fingerprint density at radius 1 is 0.877 bits per heavy atom. The van der Waals surface area contributed by atoms with Crippen LogP contribution in [0.2, 0.25) is 5.02 Å². The Morgan fingerprint density at radius 3 is 2.16 bits per heavy atom. The second-order valence-corrected chi connectivity index (χ2v) is 15.9. The van der Waals surface area contributed by atoms with Crippen LogP contribution in [0.5, 0.6) is 0 Å². The standard InChI is InChI=1S/C45H52ClN5O6/c1-30(2)39(40-49-38-26-35(46)23-24-37(38)42(53)51(40)27-32-14-9-7-10-15-32)50(41(52)34-21-19-31(3)20-22-34)28-36(48-44(55)57-45(4,5)6)18-13-25-47-43(54)56-29-33-16-11-8-12-17-33/h7-12,14-17,19-24,26,30,36,39H,13,18,25,27-29H2,1-6H3,(H,47,54)(H,48,55). The van der Waals surface area contributed by atoms with Crippen LogP contribution in [0.4, 0.5) is 9.59 Å². The van der Waals surface area contributed by atoms with Gasteiger partial charge in [-0.15, -0.1) is 0 Å². The van der Waals surface area contributed by atoms with Gasteiger partial charge in [0.15, 0.2) is 0 Å². The lowest BCUT2D eigenvalue weighted by atomic mass is 9.97. The first-order chi connectivity index (χ1) is 27.2. The molecule has 2 N–H and O–H groups in total. The summed E-state index contributed by atoms with van der Waals surface area (Å²) < 4.78 is 12.7. The van der Waals surface area contributed by atoms with Gasteiger partial charge in [-0.2, -0.15) is 0 Å². The molecule has 0 saturated heterocycles. The van der Waals surface area contributed by atoms with E-state index in [1.165, 1.54) is 0 Å². The lowest BCUT2D eigenvalue weighted by Gasteiger charge is -2.38. The number of ether oxygens (including phenoxy) is 2. The molecule has 0 saturated carbocycles. The van der Waals surface area contributed by atoms with Crippen LogP contribution in [-0.4, -0.2) is 57.3 Å². The summed E-state index contributed by atoms with van der Waals surface area (Å²) in [4.78, 5) is 62.0. The number of carbonyl (C=O) groups excluding carboxylic acids is 3. The molecule has 1 heterocycles. The van der Waals surface area contributed by atoms with Crippen molar-refractivity contribution in [3.05, 3.63) is 147 Å². The van der Waals surface area contributed by atoms with Crippen molar-refractivity contribution in [1.82, 2.24) is 25.1 Å². The smallest absolute Gasteiger partial charge is 0.407 e. The molecule has 0 aliphatic rings. The van der Waals surface area contributed by atoms with Crippen LogP contribution in [0.25, 0.3) is 10.9 Å². The number of aromatic nitrogens is 2. The van der Waals surface area contributed by atoms with E-state index in [1.54, 1.807) is 60.6 Å². The summed E-state index contributed by atoms with van der Waals surface area (Å²) >= 11 is 6.43. The van der Waals surface area contributed by atoms with E-state index < -0.39 is 29.9 Å². The summed E-state index contributed by atoms with van der Waals surface area (Å²) in [5, 5.41) is 6.61. The third-order valence-electron chi connectivity index (χ3n) is 9.27. The van der Waals surface area contributed by atoms with Crippen LogP contribution in [0.3, 0.4) is 0 Å². The van der Waals surface area contributed by atoms with Crippen LogP contribution in [-0.2, 0) is 22.6 Å². The van der Waals surface area contributed by atoms with Crippen molar-refractivity contribution in [2.75, 3.05) is 13.1 Å². The summed E-state index contributed by atoms with van der Waals surface area (Å²) in [5.74, 6) is -0.180. The van der Waals surface area contributed by atoms with E-state index >= 15 is 0 Å². The number of aryl methyl sites for hydroxylation is 1. The molecular weight excluding hydrogens is 742 g/mol. The third-order valence-corrected chi connectivity index (χ3v) is 9.51. The molecule has 57 heavy (non-hydrogen) atoms. The number of halogens is 1. The van der Waals surface area contributed by atoms with Crippen LogP contribution >= 0.6 is 11.6 Å². The molecule has 0 spiro atoms. The minimum Gasteiger partial charge on any atom is -0.445 e. The average molecular weight is 794 g/mol. The Hall–Kier alpha value is -5.68. The molecule has 0 fully saturated rings. The van der Waals surface area contributed by atoms with Crippen LogP contribution < -0.4 is 16.2 Å². The first kappa shape index (κ1) is 42.5. The van der Waals surface area contributed by atoms with E-state index in [9.17, 15) is 19.2 Å². The third kappa shape index (κ3) is 12.2. The Morgan fingerprint density at radius 2 is 1.53 bits per heavy atom. The van der Waals surface area contributed by atoms with Gasteiger partial charge in [0.2, 0.25) is 0 Å². The van der Waals surface area contributed by atoms with Gasteiger partial charge in [-0.05, 0) is 87.9 Å². The van der Waals surface area contributed by atoms with Crippen LogP contribution in [0.15, 0.2) is 108 Å². The normalized spacial score (nSPS) is 12.5. The molecule has 11 nitrogen and oxygen atoms in total. The van der Waals surface area contributed by atoms with Crippen molar-refractivity contribution in [3.63, 3.8) is 0 Å². The maximum absolute atomic E-state index is 14.9. The first-order valence-electron chi connectivity index (χ1n) is 19.2. The zero-order chi connectivity index (χ0) is 41.1. The van der Waals surface area contributed by atoms with E-state index in [2.05, 4.69) is 10.6 Å². The number of amides is 3. The second-order valence-electron chi connectivity index (χ2n) is 15.5. The summed E-state index contributed by atoms with van der Waals surface area (Å²) in [6.45, 7) is 11.8. The summed E-state index contributed by atoms with van der Waals surface area (Å²) in [5.41, 5.74) is 2.54. The number of rotatable bonds is 15. The number of nitrogens with one attached hydrogen (secondary N) is 2. The van der Waals surface area contributed by atoms with Gasteiger partial charge >= 0.3 is 12.2 Å². The maximum atomic E-state index is 14.9. The Balaban J connectivity index is 1.53. The molecule has 3 amide bonds. The largest absolute Gasteiger partial charge is 0.445 e. The highest BCUT2D eigenvalue weighted by Crippen LogP contribution is 2.31. The van der Waals surface area contributed by atoms with E-state index in [-0.39, 0.29) is 43.6 Å². The molecule has 1 aromatic heterocycles. The summed E-state index contributed by atoms with van der Waals surface area (Å²) in [7, 11) is 0. The fourth-order valence-corrected chi connectivity index (χ4v) is 6.74. The molecule has 5 aromatic rings. The van der Waals surface area contributed by atoms with Gasteiger partial charge in [0, 0.05) is 29.7 Å². The van der Waals surface area contributed by atoms with Crippen molar-refractivity contribution in [2.45, 2.75) is 85.2 Å². The number of hydrogen-bond acceptors (Lipinski definition) is 7. The number of benzene rings is 4. The number of alkyl carbamates (subject to hydrolysis) is 2. The van der Waals surface area contributed by atoms with Crippen molar-refractivity contribution >= 4 is 40.6 Å². The number of nitrogens with zero attached hydrogens (tertiary/aromatic N) is 3. The molecule has 0 aliphatic carbocycles. The average Bonchev–Trinajstić information content (AvgIpc) is 3.16. The molecule has 12 heteroatoms. The van der Waals surface area contributed by atoms with Gasteiger partial charge in [0.05, 0.1) is 23.5 Å². The van der Waals surface area contributed by atoms with E-state index in [0.29, 0.717) is 40.2 Å². The van der Waals surface area contributed by atoms with Gasteiger partial charge < -0.3 is 25.0 Å². The van der Waals surface area contributed by atoms with E-state index in [0.717, 1.165) is 16.7 Å². The number of fused-ring (bicyclic) bond motifs is 1. The lowest BCUT2D eigenvalue weighted by Crippen LogP contribution is -2.50. The van der Waals surface area contributed by atoms with Crippen LogP contribution in [0.1, 0.15) is 86.4 Å². The zero-order valence-electron chi connectivity index (χ0n) is 33.5. The quantitative estimate of drug-likeness (QED) is 0.101. The van der Waals surface area contributed by atoms with Gasteiger partial charge in [-0.25, -0.2) is 14.6 Å². The maximum Gasteiger partial charge on any atom is 0.407 e. The Bertz CT molecular complexity index is 2190. The fourth-order valence-electron chi connectivity index (χ4n) is 6.57. The number of carbonyl (C=O) groups is 3. The summed E-state index contributed by atoms with van der Waals surface area (Å²) in [6, 6.07) is 29.9. The lowest BCUT2D eigenvalue weighted by molar-refractivity contribution is 0.0431. The van der Waals surface area contributed by atoms with Crippen molar-refractivity contribution in [1.29, 1.82) is 0 Å². The molecule has 0 radical (unpaired) electrons. The predicted molar refractivity (Wildman–Crippen MR) is 223 cm³/mol. The molecule has 2 atom stereocenters. The number of hydrogen-bond donors (Lipinski definition) is 2. The van der Waals surface area contributed by atoms with Crippen molar-refractivity contribution in [3.8, 4) is 0 Å². The fraction of sp³-hybridized carbons (Fsp3) is 0.356. The zero-order valence-corrected chi connectivity index (χ0v) is 34.2. The molecule has 4 aromatic carbocycles. The SMILES string of the molecule is Cc1ccc(C(=O)N(CC(CCCNC(=O)OCc2ccccc2)NC(=O)OC(C)(C)C)C(c2nc3cc(Cl)ccc3c(=O)n2Cc2ccccc2)C(C)C)cc1. The second kappa shape index (κ2) is 19.5. The Kier molecular flexibility index (Phi) is 14.5. The first-order valence-corrected chi connectivity index (χ1v) is 19.6. The highest BCUT2D eigenvalue weighted by Gasteiger charge is 2.35. The molecule has 5 rings (SSSR count). The molecule has 0 bridgehead atoms. The predicted octanol–water partition coefficient (Wildman–Crippen LogP) is 8.85. The van der Waals surface area contributed by atoms with Crippen LogP contribution in [0, 0.1) is 12.8 Å². The summed E-state index contributed by atoms with van der Waals surface area (Å²) in [6.07, 6.45) is -0.416. The topological polar surface area (TPSA) is 132 Å². The highest BCUT2D eigenvalue weighted by molar-refractivity contribution is 6.31. The Labute approximate surface area is 339 Å². The van der Waals surface area contributed by atoms with E-state index in [1.807, 2.05) is 93.6 Å². The van der Waals surface area contributed by atoms with Gasteiger partial charge in [0.1, 0.15) is 18.0 Å². The molecule has 300 valence electrons. The van der Waals surface area contributed by atoms with Crippen molar-refractivity contribution < 1.29 is 23.9 Å². The van der Waals surface area contributed by atoms with E-state index in [4.69, 9.17) is 26.1 Å². The molecular formula is C45H52ClN5O6. The minimum absolute atomic E-state index is 0.0298. The molecule has 2 unspecified atom stereocenters. The van der Waals surface area contributed by atoms with Gasteiger partial charge in [-0.3, -0.25) is 14.2 Å².